The molecule has 2 saturated heterocycles. The third-order valence-corrected chi connectivity index (χ3v) is 2.79. The number of fused-ring (bicyclic) bond motifs is 2. The maximum Gasteiger partial charge on any atom is 0.410 e. The molecule has 1 amide bonds. The third kappa shape index (κ3) is 2.86. The maximum absolute atomic E-state index is 11.9. The fraction of sp³-hybridized carbons (Fsp3) is 0.909. The highest BCUT2D eigenvalue weighted by molar-refractivity contribution is 5.68. The summed E-state index contributed by atoms with van der Waals surface area (Å²) in [7, 11) is 0. The van der Waals surface area contributed by atoms with E-state index in [0.717, 1.165) is 26.2 Å². The number of rotatable bonds is 0. The molecule has 2 heterocycles. The van der Waals surface area contributed by atoms with Crippen molar-refractivity contribution in [3.05, 3.63) is 0 Å². The van der Waals surface area contributed by atoms with Crippen molar-refractivity contribution in [2.75, 3.05) is 26.2 Å². The van der Waals surface area contributed by atoms with Crippen molar-refractivity contribution in [1.82, 2.24) is 15.5 Å². The van der Waals surface area contributed by atoms with Gasteiger partial charge in [-0.2, -0.15) is 0 Å². The molecule has 2 N–H and O–H groups in total. The van der Waals surface area contributed by atoms with E-state index in [4.69, 9.17) is 4.74 Å². The molecule has 0 aromatic heterocycles. The second kappa shape index (κ2) is 4.22. The summed E-state index contributed by atoms with van der Waals surface area (Å²) >= 11 is 0. The Balaban J connectivity index is 1.92. The van der Waals surface area contributed by atoms with Crippen molar-refractivity contribution in [2.24, 2.45) is 0 Å². The Morgan fingerprint density at radius 3 is 2.31 bits per heavy atom. The lowest BCUT2D eigenvalue weighted by atomic mass is 10.1. The Morgan fingerprint density at radius 2 is 1.81 bits per heavy atom. The monoisotopic (exact) mass is 227 g/mol. The first-order valence-electron chi connectivity index (χ1n) is 5.89. The molecule has 5 heteroatoms. The van der Waals surface area contributed by atoms with Crippen LogP contribution in [0.4, 0.5) is 4.79 Å². The van der Waals surface area contributed by atoms with Crippen LogP contribution in [0.15, 0.2) is 0 Å². The summed E-state index contributed by atoms with van der Waals surface area (Å²) in [5.41, 5.74) is -0.407. The summed E-state index contributed by atoms with van der Waals surface area (Å²) < 4.78 is 5.38. The van der Waals surface area contributed by atoms with Crippen LogP contribution in [0.2, 0.25) is 0 Å². The minimum atomic E-state index is -0.407. The molecule has 0 aliphatic carbocycles. The first kappa shape index (κ1) is 11.7. The van der Waals surface area contributed by atoms with Gasteiger partial charge in [0.15, 0.2) is 0 Å². The molecule has 2 rings (SSSR count). The second-order valence-electron chi connectivity index (χ2n) is 5.60. The minimum absolute atomic E-state index is 0.189. The van der Waals surface area contributed by atoms with Crippen LogP contribution in [0, 0.1) is 0 Å². The Bertz CT molecular complexity index is 263. The van der Waals surface area contributed by atoms with Gasteiger partial charge in [-0.15, -0.1) is 0 Å². The van der Waals surface area contributed by atoms with Gasteiger partial charge in [-0.3, -0.25) is 0 Å². The second-order valence-corrected chi connectivity index (χ2v) is 5.60. The van der Waals surface area contributed by atoms with Crippen LogP contribution in [0.3, 0.4) is 0 Å². The molecule has 2 unspecified atom stereocenters. The van der Waals surface area contributed by atoms with Gasteiger partial charge in [0.1, 0.15) is 5.60 Å². The zero-order chi connectivity index (χ0) is 11.8. The number of carbonyl (C=O) groups excluding carboxylic acids is 1. The van der Waals surface area contributed by atoms with Gasteiger partial charge in [-0.1, -0.05) is 0 Å². The Labute approximate surface area is 96.5 Å². The van der Waals surface area contributed by atoms with Gasteiger partial charge in [0.2, 0.25) is 0 Å². The highest BCUT2D eigenvalue weighted by Crippen LogP contribution is 2.14. The molecule has 2 aliphatic rings. The largest absolute Gasteiger partial charge is 0.444 e. The number of hydrogen-bond donors (Lipinski definition) is 2. The first-order chi connectivity index (χ1) is 7.44. The van der Waals surface area contributed by atoms with Crippen LogP contribution >= 0.6 is 0 Å². The summed E-state index contributed by atoms with van der Waals surface area (Å²) in [4.78, 5) is 13.7. The average molecular weight is 227 g/mol. The highest BCUT2D eigenvalue weighted by atomic mass is 16.6. The van der Waals surface area contributed by atoms with Gasteiger partial charge < -0.3 is 20.3 Å². The lowest BCUT2D eigenvalue weighted by Crippen LogP contribution is -2.67. The highest BCUT2D eigenvalue weighted by Gasteiger charge is 2.33. The van der Waals surface area contributed by atoms with Crippen LogP contribution in [0.5, 0.6) is 0 Å². The number of nitrogens with one attached hydrogen (secondary N) is 2. The number of ether oxygens (including phenoxy) is 1. The van der Waals surface area contributed by atoms with E-state index in [1.54, 1.807) is 0 Å². The molecule has 92 valence electrons. The fourth-order valence-electron chi connectivity index (χ4n) is 2.20. The number of piperazine rings is 2. The van der Waals surface area contributed by atoms with Gasteiger partial charge >= 0.3 is 6.09 Å². The van der Waals surface area contributed by atoms with Crippen LogP contribution in [0.25, 0.3) is 0 Å². The Kier molecular flexibility index (Phi) is 3.08. The first-order valence-corrected chi connectivity index (χ1v) is 5.89. The Morgan fingerprint density at radius 1 is 1.25 bits per heavy atom. The van der Waals surface area contributed by atoms with Gasteiger partial charge in [0.05, 0.1) is 0 Å². The predicted molar refractivity (Wildman–Crippen MR) is 61.4 cm³/mol. The summed E-state index contributed by atoms with van der Waals surface area (Å²) in [6.07, 6.45) is -0.189. The van der Waals surface area contributed by atoms with E-state index < -0.39 is 5.60 Å². The van der Waals surface area contributed by atoms with E-state index in [9.17, 15) is 4.79 Å². The molecule has 0 saturated carbocycles. The topological polar surface area (TPSA) is 53.6 Å². The quantitative estimate of drug-likeness (QED) is 0.619. The lowest BCUT2D eigenvalue weighted by Gasteiger charge is -2.42. The molecular formula is C11H21N3O2. The van der Waals surface area contributed by atoms with Gasteiger partial charge in [-0.05, 0) is 20.8 Å². The predicted octanol–water partition coefficient (Wildman–Crippen LogP) is 0.167. The minimum Gasteiger partial charge on any atom is -0.444 e. The zero-order valence-electron chi connectivity index (χ0n) is 10.2. The van der Waals surface area contributed by atoms with Crippen LogP contribution in [-0.2, 0) is 4.74 Å². The molecule has 2 bridgehead atoms. The molecule has 0 spiro atoms. The molecule has 16 heavy (non-hydrogen) atoms. The van der Waals surface area contributed by atoms with Crippen molar-refractivity contribution in [2.45, 2.75) is 38.5 Å². The average Bonchev–Trinajstić information content (AvgIpc) is 2.14. The number of amides is 1. The molecule has 2 aliphatic heterocycles. The zero-order valence-corrected chi connectivity index (χ0v) is 10.2. The SMILES string of the molecule is CC(C)(C)OC(=O)N1CC2CNCC(C1)N2. The third-order valence-electron chi connectivity index (χ3n) is 2.79. The van der Waals surface area contributed by atoms with Crippen molar-refractivity contribution in [3.8, 4) is 0 Å². The van der Waals surface area contributed by atoms with Crippen LogP contribution in [-0.4, -0.2) is 54.9 Å². The molecule has 2 atom stereocenters. The van der Waals surface area contributed by atoms with E-state index >= 15 is 0 Å². The summed E-state index contributed by atoms with van der Waals surface area (Å²) in [5, 5.41) is 6.84. The van der Waals surface area contributed by atoms with Crippen molar-refractivity contribution in [3.63, 3.8) is 0 Å². The van der Waals surface area contributed by atoms with E-state index in [1.165, 1.54) is 0 Å². The van der Waals surface area contributed by atoms with E-state index in [1.807, 2.05) is 25.7 Å². The van der Waals surface area contributed by atoms with Gasteiger partial charge in [-0.25, -0.2) is 4.79 Å². The maximum atomic E-state index is 11.9. The molecule has 0 aromatic rings. The summed E-state index contributed by atoms with van der Waals surface area (Å²) in [6.45, 7) is 9.02. The number of hydrogen-bond acceptors (Lipinski definition) is 4. The summed E-state index contributed by atoms with van der Waals surface area (Å²) in [6, 6.07) is 0.722. The van der Waals surface area contributed by atoms with Gasteiger partial charge in [0.25, 0.3) is 0 Å². The van der Waals surface area contributed by atoms with E-state index in [2.05, 4.69) is 10.6 Å². The van der Waals surface area contributed by atoms with Crippen molar-refractivity contribution in [1.29, 1.82) is 0 Å². The summed E-state index contributed by atoms with van der Waals surface area (Å²) in [5.74, 6) is 0. The normalized spacial score (nSPS) is 30.1. The van der Waals surface area contributed by atoms with Gasteiger partial charge in [0, 0.05) is 38.3 Å². The Hall–Kier alpha value is -0.810. The van der Waals surface area contributed by atoms with Crippen molar-refractivity contribution < 1.29 is 9.53 Å². The smallest absolute Gasteiger partial charge is 0.410 e. The molecule has 5 nitrogen and oxygen atoms in total. The molecule has 0 radical (unpaired) electrons. The molecule has 0 aromatic carbocycles. The van der Waals surface area contributed by atoms with E-state index in [0.29, 0.717) is 12.1 Å². The number of nitrogens with zero attached hydrogens (tertiary/aromatic N) is 1. The molecule has 2 fully saturated rings. The standard InChI is InChI=1S/C11H21N3O2/c1-11(2,3)16-10(15)14-6-8-4-12-5-9(7-14)13-8/h8-9,12-13H,4-7H2,1-3H3. The van der Waals surface area contributed by atoms with Crippen molar-refractivity contribution >= 4 is 6.09 Å². The fourth-order valence-corrected chi connectivity index (χ4v) is 2.20. The van der Waals surface area contributed by atoms with Crippen LogP contribution < -0.4 is 10.6 Å². The molecular weight excluding hydrogens is 206 g/mol. The van der Waals surface area contributed by atoms with Crippen LogP contribution in [0.1, 0.15) is 20.8 Å². The lowest BCUT2D eigenvalue weighted by molar-refractivity contribution is 0.0129. The number of carbonyl (C=O) groups is 1. The van der Waals surface area contributed by atoms with E-state index in [-0.39, 0.29) is 6.09 Å².